The maximum absolute atomic E-state index is 6.41. The number of benzene rings is 6. The van der Waals surface area contributed by atoms with Gasteiger partial charge in [0.05, 0.1) is 41.3 Å². The van der Waals surface area contributed by atoms with Gasteiger partial charge < -0.3 is 9.47 Å². The molecule has 0 bridgehead atoms. The second kappa shape index (κ2) is 16.3. The Bertz CT molecular complexity index is 2430. The molecule has 0 saturated heterocycles. The molecule has 0 aliphatic rings. The number of methoxy groups -OCH3 is 2. The van der Waals surface area contributed by atoms with Gasteiger partial charge in [-0.25, -0.2) is 9.97 Å². The van der Waals surface area contributed by atoms with Crippen molar-refractivity contribution in [2.75, 3.05) is 14.2 Å². The smallest absolute Gasteiger partial charge is 0.119 e. The number of fused-ring (bicyclic) bond motifs is 4. The maximum Gasteiger partial charge on any atom is 0.119 e. The minimum atomic E-state index is 0.757. The number of pyridine rings is 2. The molecular formula is C40H29Br2ClN2O2S2. The fourth-order valence-electron chi connectivity index (χ4n) is 5.20. The number of hydrogen-bond acceptors (Lipinski definition) is 6. The highest BCUT2D eigenvalue weighted by molar-refractivity contribution is 9.11. The standard InChI is InChI=1S/C20H14BrNOS.C13H7BrClN.C7H8OS/c1-23-13-6-4-7-14(12-13)24-20-15-8-2-3-10-17(15)22-18-11-5-9-16(21)19(18)20;14-9-5-3-7-11-12(9)13(15)8-4-1-2-6-10(8)16-11;1-8-6-3-2-4-7(9)5-6/h2-12H,1H3;1-7H;2-5,9H,1H3. The van der Waals surface area contributed by atoms with Gasteiger partial charge in [-0.15, -0.1) is 12.6 Å². The second-order valence-corrected chi connectivity index (χ2v) is 14.3. The summed E-state index contributed by atoms with van der Waals surface area (Å²) in [6.45, 7) is 0. The molecule has 49 heavy (non-hydrogen) atoms. The van der Waals surface area contributed by atoms with E-state index in [4.69, 9.17) is 26.1 Å². The maximum atomic E-state index is 6.41. The molecule has 244 valence electrons. The van der Waals surface area contributed by atoms with Crippen LogP contribution in [0.5, 0.6) is 11.5 Å². The molecule has 0 aliphatic heterocycles. The van der Waals surface area contributed by atoms with Gasteiger partial charge in [-0.1, -0.05) is 116 Å². The predicted molar refractivity (Wildman–Crippen MR) is 216 cm³/mol. The molecule has 0 fully saturated rings. The third-order valence-electron chi connectivity index (χ3n) is 7.52. The van der Waals surface area contributed by atoms with Crippen molar-refractivity contribution in [3.8, 4) is 11.5 Å². The Balaban J connectivity index is 0.000000143. The van der Waals surface area contributed by atoms with Crippen LogP contribution < -0.4 is 9.47 Å². The largest absolute Gasteiger partial charge is 0.497 e. The Kier molecular flexibility index (Phi) is 11.6. The Hall–Kier alpha value is -3.79. The zero-order chi connectivity index (χ0) is 34.3. The van der Waals surface area contributed by atoms with E-state index in [1.807, 2.05) is 91.0 Å². The van der Waals surface area contributed by atoms with Crippen LogP contribution in [0.1, 0.15) is 0 Å². The van der Waals surface area contributed by atoms with Crippen molar-refractivity contribution in [3.63, 3.8) is 0 Å². The van der Waals surface area contributed by atoms with Gasteiger partial charge in [-0.3, -0.25) is 0 Å². The molecule has 0 N–H and O–H groups in total. The topological polar surface area (TPSA) is 44.2 Å². The molecule has 8 aromatic rings. The number of halogens is 3. The first-order valence-electron chi connectivity index (χ1n) is 15.1. The summed E-state index contributed by atoms with van der Waals surface area (Å²) in [7, 11) is 3.33. The van der Waals surface area contributed by atoms with Crippen LogP contribution in [-0.4, -0.2) is 24.2 Å². The summed E-state index contributed by atoms with van der Waals surface area (Å²) in [4.78, 5) is 12.7. The summed E-state index contributed by atoms with van der Waals surface area (Å²) in [6, 6.07) is 43.9. The number of para-hydroxylation sites is 2. The molecule has 2 heterocycles. The quantitative estimate of drug-likeness (QED) is 0.141. The fraction of sp³-hybridized carbons (Fsp3) is 0.0500. The lowest BCUT2D eigenvalue weighted by atomic mass is 10.1. The summed E-state index contributed by atoms with van der Waals surface area (Å²) in [5.74, 6) is 1.71. The molecule has 0 atom stereocenters. The van der Waals surface area contributed by atoms with Gasteiger partial charge in [0.1, 0.15) is 11.5 Å². The van der Waals surface area contributed by atoms with Gasteiger partial charge in [0, 0.05) is 45.2 Å². The van der Waals surface area contributed by atoms with Crippen molar-refractivity contribution >= 4 is 111 Å². The van der Waals surface area contributed by atoms with E-state index in [1.54, 1.807) is 26.0 Å². The van der Waals surface area contributed by atoms with Crippen LogP contribution in [0, 0.1) is 0 Å². The molecular weight excluding hydrogens is 800 g/mol. The van der Waals surface area contributed by atoms with Gasteiger partial charge in [0.2, 0.25) is 0 Å². The van der Waals surface area contributed by atoms with Crippen LogP contribution in [0.2, 0.25) is 5.02 Å². The van der Waals surface area contributed by atoms with Crippen molar-refractivity contribution in [1.29, 1.82) is 0 Å². The number of ether oxygens (including phenoxy) is 2. The predicted octanol–water partition coefficient (Wildman–Crippen LogP) is 13.1. The first kappa shape index (κ1) is 35.1. The summed E-state index contributed by atoms with van der Waals surface area (Å²) < 4.78 is 12.3. The van der Waals surface area contributed by atoms with Gasteiger partial charge in [-0.2, -0.15) is 0 Å². The molecule has 6 aromatic carbocycles. The highest BCUT2D eigenvalue weighted by atomic mass is 79.9. The van der Waals surface area contributed by atoms with E-state index in [1.165, 1.54) is 4.90 Å². The summed E-state index contributed by atoms with van der Waals surface area (Å²) in [6.07, 6.45) is 0. The minimum absolute atomic E-state index is 0.757. The second-order valence-electron chi connectivity index (χ2n) is 10.7. The summed E-state index contributed by atoms with van der Waals surface area (Å²) >= 11 is 19.5. The molecule has 0 amide bonds. The van der Waals surface area contributed by atoms with E-state index in [0.29, 0.717) is 0 Å². The van der Waals surface area contributed by atoms with E-state index in [9.17, 15) is 0 Å². The number of thiol groups is 1. The normalized spacial score (nSPS) is 10.7. The lowest BCUT2D eigenvalue weighted by molar-refractivity contribution is 0.413. The van der Waals surface area contributed by atoms with Crippen molar-refractivity contribution in [1.82, 2.24) is 9.97 Å². The zero-order valence-electron chi connectivity index (χ0n) is 26.4. The number of aromatic nitrogens is 2. The number of nitrogens with zero attached hydrogens (tertiary/aromatic N) is 2. The van der Waals surface area contributed by atoms with Crippen molar-refractivity contribution < 1.29 is 9.47 Å². The highest BCUT2D eigenvalue weighted by Crippen LogP contribution is 2.42. The van der Waals surface area contributed by atoms with Crippen molar-refractivity contribution in [2.45, 2.75) is 14.7 Å². The number of hydrogen-bond donors (Lipinski definition) is 1. The van der Waals surface area contributed by atoms with Crippen LogP contribution in [-0.2, 0) is 0 Å². The monoisotopic (exact) mass is 826 g/mol. The molecule has 0 spiro atoms. The molecule has 0 saturated carbocycles. The Morgan fingerprint density at radius 2 is 1.08 bits per heavy atom. The number of rotatable bonds is 4. The molecule has 8 rings (SSSR count). The third kappa shape index (κ3) is 8.17. The summed E-state index contributed by atoms with van der Waals surface area (Å²) in [5, 5.41) is 5.02. The first-order chi connectivity index (χ1) is 23.9. The van der Waals surface area contributed by atoms with Crippen LogP contribution in [0.15, 0.2) is 157 Å². The van der Waals surface area contributed by atoms with Crippen LogP contribution >= 0.6 is 67.9 Å². The summed E-state index contributed by atoms with van der Waals surface area (Å²) in [5.41, 5.74) is 3.85. The average Bonchev–Trinajstić information content (AvgIpc) is 3.12. The first-order valence-corrected chi connectivity index (χ1v) is 18.3. The molecule has 2 aromatic heterocycles. The van der Waals surface area contributed by atoms with Crippen molar-refractivity contribution in [2.24, 2.45) is 0 Å². The van der Waals surface area contributed by atoms with Crippen LogP contribution in [0.4, 0.5) is 0 Å². The third-order valence-corrected chi connectivity index (χ3v) is 10.6. The Labute approximate surface area is 316 Å². The van der Waals surface area contributed by atoms with E-state index in [-0.39, 0.29) is 0 Å². The molecule has 9 heteroatoms. The molecule has 0 radical (unpaired) electrons. The van der Waals surface area contributed by atoms with Crippen LogP contribution in [0.25, 0.3) is 43.6 Å². The van der Waals surface area contributed by atoms with Gasteiger partial charge in [0.25, 0.3) is 0 Å². The van der Waals surface area contributed by atoms with E-state index < -0.39 is 0 Å². The molecule has 4 nitrogen and oxygen atoms in total. The highest BCUT2D eigenvalue weighted by Gasteiger charge is 2.13. The fourth-order valence-corrected chi connectivity index (χ4v) is 8.28. The van der Waals surface area contributed by atoms with E-state index >= 15 is 0 Å². The van der Waals surface area contributed by atoms with E-state index in [0.717, 1.165) is 78.9 Å². The van der Waals surface area contributed by atoms with Crippen molar-refractivity contribution in [3.05, 3.63) is 147 Å². The SMILES string of the molecule is COc1cccc(S)c1.COc1cccc(Sc2c3ccccc3nc3cccc(Br)c23)c1.Clc1c2ccccc2nc2cccc(Br)c12. The lowest BCUT2D eigenvalue weighted by Gasteiger charge is -2.12. The average molecular weight is 829 g/mol. The van der Waals surface area contributed by atoms with Gasteiger partial charge in [-0.05, 0) is 72.8 Å². The Morgan fingerprint density at radius 3 is 1.71 bits per heavy atom. The zero-order valence-corrected chi connectivity index (χ0v) is 32.0. The minimum Gasteiger partial charge on any atom is -0.497 e. The van der Waals surface area contributed by atoms with Gasteiger partial charge in [0.15, 0.2) is 0 Å². The molecule has 0 unspecified atom stereocenters. The van der Waals surface area contributed by atoms with Crippen LogP contribution in [0.3, 0.4) is 0 Å². The lowest BCUT2D eigenvalue weighted by Crippen LogP contribution is -1.88. The Morgan fingerprint density at radius 1 is 0.571 bits per heavy atom. The van der Waals surface area contributed by atoms with E-state index in [2.05, 4.69) is 91.9 Å². The van der Waals surface area contributed by atoms with Gasteiger partial charge >= 0.3 is 0 Å². The molecule has 0 aliphatic carbocycles.